The number of anilines is 1. The Morgan fingerprint density at radius 3 is 2.66 bits per heavy atom. The average Bonchev–Trinajstić information content (AvgIpc) is 3.09. The zero-order chi connectivity index (χ0) is 20.1. The molecule has 158 valence electrons. The summed E-state index contributed by atoms with van der Waals surface area (Å²) in [7, 11) is 3.56. The molecule has 1 aliphatic heterocycles. The normalized spacial score (nSPS) is 14.8. The number of carbonyl (C=O) groups excluding carboxylic acids is 1. The van der Waals surface area contributed by atoms with Gasteiger partial charge in [-0.3, -0.25) is 14.5 Å². The van der Waals surface area contributed by atoms with Crippen molar-refractivity contribution in [3.63, 3.8) is 0 Å². The van der Waals surface area contributed by atoms with Crippen LogP contribution in [0.4, 0.5) is 5.69 Å². The number of aromatic nitrogens is 3. The Labute approximate surface area is 188 Å². The van der Waals surface area contributed by atoms with Crippen molar-refractivity contribution in [1.29, 1.82) is 0 Å². The van der Waals surface area contributed by atoms with Crippen LogP contribution in [0.3, 0.4) is 0 Å². The number of aryl methyl sites for hydroxylation is 1. The summed E-state index contributed by atoms with van der Waals surface area (Å²) >= 11 is 0. The lowest BCUT2D eigenvalue weighted by molar-refractivity contribution is -0.120. The Bertz CT molecular complexity index is 835. The van der Waals surface area contributed by atoms with Gasteiger partial charge in [0, 0.05) is 52.2 Å². The van der Waals surface area contributed by atoms with Gasteiger partial charge in [-0.25, -0.2) is 4.98 Å². The molecule has 0 radical (unpaired) electrons. The standard InChI is InChI=1S/C19H27N7O2.HI/c1-14(2)28-17-6-5-15(9-21-17)10-22-19(20-3)25-7-8-26(18(27)13-25)16-11-23-24(4)12-16;/h5-6,9,11-12,14H,7-8,10,13H2,1-4H3,(H,20,22);1H. The number of amides is 1. The molecule has 1 N–H and O–H groups in total. The molecule has 29 heavy (non-hydrogen) atoms. The summed E-state index contributed by atoms with van der Waals surface area (Å²) in [4.78, 5) is 24.9. The van der Waals surface area contributed by atoms with Crippen LogP contribution in [-0.2, 0) is 18.4 Å². The first kappa shape index (κ1) is 22.9. The summed E-state index contributed by atoms with van der Waals surface area (Å²) in [5, 5.41) is 7.44. The van der Waals surface area contributed by atoms with Gasteiger partial charge in [0.15, 0.2) is 5.96 Å². The van der Waals surface area contributed by atoms with Crippen molar-refractivity contribution in [2.75, 3.05) is 31.6 Å². The smallest absolute Gasteiger partial charge is 0.246 e. The van der Waals surface area contributed by atoms with E-state index in [4.69, 9.17) is 4.74 Å². The highest BCUT2D eigenvalue weighted by Gasteiger charge is 2.27. The summed E-state index contributed by atoms with van der Waals surface area (Å²) in [5.41, 5.74) is 1.84. The molecule has 3 heterocycles. The Balaban J connectivity index is 0.00000300. The Hall–Kier alpha value is -2.37. The quantitative estimate of drug-likeness (QED) is 0.372. The number of hydrogen-bond donors (Lipinski definition) is 1. The lowest BCUT2D eigenvalue weighted by atomic mass is 10.2. The lowest BCUT2D eigenvalue weighted by Gasteiger charge is -2.35. The molecule has 0 unspecified atom stereocenters. The number of rotatable bonds is 5. The van der Waals surface area contributed by atoms with Gasteiger partial charge in [0.1, 0.15) is 6.54 Å². The predicted molar refractivity (Wildman–Crippen MR) is 123 cm³/mol. The van der Waals surface area contributed by atoms with E-state index in [2.05, 4.69) is 20.4 Å². The number of pyridine rings is 1. The van der Waals surface area contributed by atoms with Gasteiger partial charge in [-0.2, -0.15) is 5.10 Å². The number of nitrogens with zero attached hydrogens (tertiary/aromatic N) is 6. The minimum Gasteiger partial charge on any atom is -0.475 e. The van der Waals surface area contributed by atoms with E-state index in [0.717, 1.165) is 11.3 Å². The van der Waals surface area contributed by atoms with Crippen LogP contribution in [0, 0.1) is 0 Å². The van der Waals surface area contributed by atoms with Crippen LogP contribution in [0.15, 0.2) is 35.7 Å². The van der Waals surface area contributed by atoms with E-state index in [9.17, 15) is 4.79 Å². The minimum atomic E-state index is 0. The van der Waals surface area contributed by atoms with Crippen molar-refractivity contribution < 1.29 is 9.53 Å². The topological polar surface area (TPSA) is 87.9 Å². The molecule has 2 aromatic heterocycles. The van der Waals surface area contributed by atoms with Gasteiger partial charge in [0.05, 0.1) is 18.0 Å². The Morgan fingerprint density at radius 1 is 1.31 bits per heavy atom. The van der Waals surface area contributed by atoms with Gasteiger partial charge in [0.2, 0.25) is 11.8 Å². The van der Waals surface area contributed by atoms with Crippen LogP contribution in [0.5, 0.6) is 5.88 Å². The molecule has 1 amide bonds. The van der Waals surface area contributed by atoms with Crippen molar-refractivity contribution in [2.45, 2.75) is 26.5 Å². The van der Waals surface area contributed by atoms with Gasteiger partial charge in [-0.1, -0.05) is 6.07 Å². The van der Waals surface area contributed by atoms with Crippen LogP contribution >= 0.6 is 24.0 Å². The number of hydrogen-bond acceptors (Lipinski definition) is 5. The van der Waals surface area contributed by atoms with Gasteiger partial charge in [-0.05, 0) is 19.4 Å². The molecule has 3 rings (SSSR count). The van der Waals surface area contributed by atoms with Crippen LogP contribution in [-0.4, -0.2) is 64.3 Å². The zero-order valence-electron chi connectivity index (χ0n) is 17.2. The molecule has 0 aromatic carbocycles. The molecule has 1 saturated heterocycles. The number of carbonyl (C=O) groups is 1. The second-order valence-electron chi connectivity index (χ2n) is 6.91. The molecule has 10 heteroatoms. The molecule has 2 aromatic rings. The van der Waals surface area contributed by atoms with E-state index in [1.807, 2.05) is 44.1 Å². The van der Waals surface area contributed by atoms with Gasteiger partial charge in [-0.15, -0.1) is 24.0 Å². The number of aliphatic imine (C=N–C) groups is 1. The van der Waals surface area contributed by atoms with E-state index in [1.165, 1.54) is 0 Å². The largest absolute Gasteiger partial charge is 0.475 e. The van der Waals surface area contributed by atoms with E-state index in [-0.39, 0.29) is 42.5 Å². The van der Waals surface area contributed by atoms with E-state index in [1.54, 1.807) is 29.0 Å². The molecule has 1 fully saturated rings. The van der Waals surface area contributed by atoms with Crippen molar-refractivity contribution in [1.82, 2.24) is 25.0 Å². The molecular formula is C19H28IN7O2. The van der Waals surface area contributed by atoms with Crippen molar-refractivity contribution in [3.05, 3.63) is 36.3 Å². The predicted octanol–water partition coefficient (Wildman–Crippen LogP) is 1.64. The molecule has 1 aliphatic rings. The van der Waals surface area contributed by atoms with E-state index >= 15 is 0 Å². The first-order valence-corrected chi connectivity index (χ1v) is 9.32. The number of ether oxygens (including phenoxy) is 1. The fourth-order valence-electron chi connectivity index (χ4n) is 3.01. The molecule has 0 spiro atoms. The molecule has 0 atom stereocenters. The van der Waals surface area contributed by atoms with Gasteiger partial charge < -0.3 is 19.9 Å². The SMILES string of the molecule is CN=C(NCc1ccc(OC(C)C)nc1)N1CCN(c2cnn(C)c2)C(=O)C1.I. The first-order valence-electron chi connectivity index (χ1n) is 9.32. The maximum Gasteiger partial charge on any atom is 0.246 e. The Morgan fingerprint density at radius 2 is 2.10 bits per heavy atom. The summed E-state index contributed by atoms with van der Waals surface area (Å²) in [6.45, 7) is 6.06. The molecule has 9 nitrogen and oxygen atoms in total. The number of piperazine rings is 1. The van der Waals surface area contributed by atoms with Crippen LogP contribution < -0.4 is 15.0 Å². The lowest BCUT2D eigenvalue weighted by Crippen LogP contribution is -2.55. The van der Waals surface area contributed by atoms with Gasteiger partial charge in [0.25, 0.3) is 0 Å². The molecule has 0 bridgehead atoms. The first-order chi connectivity index (χ1) is 13.5. The number of halogens is 1. The summed E-state index contributed by atoms with van der Waals surface area (Å²) < 4.78 is 7.25. The third kappa shape index (κ3) is 6.05. The monoisotopic (exact) mass is 513 g/mol. The van der Waals surface area contributed by atoms with Crippen LogP contribution in [0.25, 0.3) is 0 Å². The highest BCUT2D eigenvalue weighted by molar-refractivity contribution is 14.0. The maximum absolute atomic E-state index is 12.6. The summed E-state index contributed by atoms with van der Waals surface area (Å²) in [6, 6.07) is 3.83. The maximum atomic E-state index is 12.6. The third-order valence-electron chi connectivity index (χ3n) is 4.34. The average molecular weight is 513 g/mol. The van der Waals surface area contributed by atoms with Crippen molar-refractivity contribution >= 4 is 41.5 Å². The van der Waals surface area contributed by atoms with E-state index in [0.29, 0.717) is 31.5 Å². The number of nitrogens with one attached hydrogen (secondary N) is 1. The molecule has 0 aliphatic carbocycles. The molecular weight excluding hydrogens is 485 g/mol. The highest BCUT2D eigenvalue weighted by Crippen LogP contribution is 2.16. The second-order valence-corrected chi connectivity index (χ2v) is 6.91. The highest BCUT2D eigenvalue weighted by atomic mass is 127. The summed E-state index contributed by atoms with van der Waals surface area (Å²) in [5.74, 6) is 1.33. The Kier molecular flexibility index (Phi) is 8.23. The third-order valence-corrected chi connectivity index (χ3v) is 4.34. The number of guanidine groups is 1. The second kappa shape index (κ2) is 10.4. The zero-order valence-corrected chi connectivity index (χ0v) is 19.5. The van der Waals surface area contributed by atoms with Gasteiger partial charge >= 0.3 is 0 Å². The van der Waals surface area contributed by atoms with Crippen molar-refractivity contribution in [3.8, 4) is 5.88 Å². The van der Waals surface area contributed by atoms with E-state index < -0.39 is 0 Å². The fraction of sp³-hybridized carbons (Fsp3) is 0.474. The van der Waals surface area contributed by atoms with Crippen LogP contribution in [0.2, 0.25) is 0 Å². The molecule has 0 saturated carbocycles. The minimum absolute atomic E-state index is 0. The van der Waals surface area contributed by atoms with Crippen LogP contribution in [0.1, 0.15) is 19.4 Å². The van der Waals surface area contributed by atoms with Crippen molar-refractivity contribution in [2.24, 2.45) is 12.0 Å². The fourth-order valence-corrected chi connectivity index (χ4v) is 3.01. The summed E-state index contributed by atoms with van der Waals surface area (Å²) in [6.07, 6.45) is 5.43.